The van der Waals surface area contributed by atoms with Crippen LogP contribution in [0.5, 0.6) is 0 Å². The molecule has 0 aromatic carbocycles. The van der Waals surface area contributed by atoms with E-state index in [1.165, 1.54) is 19.2 Å². The number of hydrogen-bond acceptors (Lipinski definition) is 5. The Kier molecular flexibility index (Phi) is 3.69. The summed E-state index contributed by atoms with van der Waals surface area (Å²) in [6.45, 7) is 6.26. The second-order valence-electron chi connectivity index (χ2n) is 3.89. The Morgan fingerprint density at radius 3 is 2.93 bits per heavy atom. The highest BCUT2D eigenvalue weighted by molar-refractivity contribution is 4.83. The normalized spacial score (nSPS) is 18.5. The third-order valence-electron chi connectivity index (χ3n) is 2.98. The van der Waals surface area contributed by atoms with Crippen LogP contribution in [0.25, 0.3) is 0 Å². The summed E-state index contributed by atoms with van der Waals surface area (Å²) in [4.78, 5) is 6.49. The molecule has 0 amide bonds. The van der Waals surface area contributed by atoms with Gasteiger partial charge in [0, 0.05) is 6.04 Å². The first-order chi connectivity index (χ1) is 7.40. The van der Waals surface area contributed by atoms with Crippen molar-refractivity contribution in [1.29, 1.82) is 0 Å². The van der Waals surface area contributed by atoms with Crippen LogP contribution in [0.15, 0.2) is 10.9 Å². The lowest BCUT2D eigenvalue weighted by Gasteiger charge is -2.32. The van der Waals surface area contributed by atoms with E-state index in [1.807, 2.05) is 0 Å². The van der Waals surface area contributed by atoms with Crippen LogP contribution in [0, 0.1) is 0 Å². The van der Waals surface area contributed by atoms with E-state index in [4.69, 9.17) is 4.52 Å². The van der Waals surface area contributed by atoms with Crippen molar-refractivity contribution in [2.45, 2.75) is 32.4 Å². The average molecular weight is 210 g/mol. The molecule has 5 heteroatoms. The van der Waals surface area contributed by atoms with Gasteiger partial charge in [-0.05, 0) is 32.5 Å². The number of piperidine rings is 1. The van der Waals surface area contributed by atoms with Crippen LogP contribution in [-0.2, 0) is 6.54 Å². The zero-order valence-electron chi connectivity index (χ0n) is 9.15. The van der Waals surface area contributed by atoms with E-state index in [0.29, 0.717) is 6.04 Å². The van der Waals surface area contributed by atoms with Crippen LogP contribution in [0.1, 0.15) is 25.6 Å². The van der Waals surface area contributed by atoms with Gasteiger partial charge >= 0.3 is 0 Å². The number of hydrogen-bond donors (Lipinski definition) is 1. The van der Waals surface area contributed by atoms with E-state index in [9.17, 15) is 0 Å². The topological polar surface area (TPSA) is 54.2 Å². The fourth-order valence-corrected chi connectivity index (χ4v) is 2.11. The molecule has 1 aliphatic rings. The van der Waals surface area contributed by atoms with E-state index in [2.05, 4.69) is 27.3 Å². The second-order valence-corrected chi connectivity index (χ2v) is 3.89. The molecule has 0 radical (unpaired) electrons. The third kappa shape index (κ3) is 2.76. The zero-order valence-corrected chi connectivity index (χ0v) is 9.15. The summed E-state index contributed by atoms with van der Waals surface area (Å²) < 4.78 is 4.75. The summed E-state index contributed by atoms with van der Waals surface area (Å²) in [5.74, 6) is 0.787. The van der Waals surface area contributed by atoms with Gasteiger partial charge in [0.2, 0.25) is 6.39 Å². The van der Waals surface area contributed by atoms with Crippen LogP contribution >= 0.6 is 0 Å². The molecule has 1 aliphatic heterocycles. The minimum absolute atomic E-state index is 0.662. The van der Waals surface area contributed by atoms with Gasteiger partial charge in [-0.15, -0.1) is 0 Å². The van der Waals surface area contributed by atoms with E-state index in [0.717, 1.165) is 32.0 Å². The highest BCUT2D eigenvalue weighted by Gasteiger charge is 2.20. The van der Waals surface area contributed by atoms with Gasteiger partial charge in [-0.25, -0.2) is 0 Å². The van der Waals surface area contributed by atoms with Gasteiger partial charge in [0.25, 0.3) is 0 Å². The van der Waals surface area contributed by atoms with Crippen LogP contribution < -0.4 is 5.32 Å². The first-order valence-electron chi connectivity index (χ1n) is 5.60. The minimum atomic E-state index is 0.662. The van der Waals surface area contributed by atoms with E-state index in [-0.39, 0.29) is 0 Å². The number of nitrogens with one attached hydrogen (secondary N) is 1. The molecule has 1 aromatic rings. The summed E-state index contributed by atoms with van der Waals surface area (Å²) in [6, 6.07) is 0.662. The van der Waals surface area contributed by atoms with Gasteiger partial charge in [-0.3, -0.25) is 4.90 Å². The van der Waals surface area contributed by atoms with Crippen LogP contribution in [0.4, 0.5) is 0 Å². The van der Waals surface area contributed by atoms with Gasteiger partial charge in [0.05, 0.1) is 6.54 Å². The van der Waals surface area contributed by atoms with Crippen molar-refractivity contribution in [1.82, 2.24) is 20.4 Å². The molecule has 5 nitrogen and oxygen atoms in total. The van der Waals surface area contributed by atoms with E-state index >= 15 is 0 Å². The molecule has 15 heavy (non-hydrogen) atoms. The second kappa shape index (κ2) is 5.23. The minimum Gasteiger partial charge on any atom is -0.343 e. The predicted molar refractivity (Wildman–Crippen MR) is 56.3 cm³/mol. The van der Waals surface area contributed by atoms with Crippen LogP contribution in [0.3, 0.4) is 0 Å². The molecule has 84 valence electrons. The standard InChI is InChI=1S/C10H18N4O/c1-2-14(7-10-12-8-15-13-10)9-3-5-11-6-4-9/h8-9,11H,2-7H2,1H3. The molecular weight excluding hydrogens is 192 g/mol. The lowest BCUT2D eigenvalue weighted by Crippen LogP contribution is -2.42. The Balaban J connectivity index is 1.91. The lowest BCUT2D eigenvalue weighted by molar-refractivity contribution is 0.157. The molecule has 0 atom stereocenters. The Labute approximate surface area is 89.8 Å². The van der Waals surface area contributed by atoms with Crippen molar-refractivity contribution < 1.29 is 4.52 Å². The Morgan fingerprint density at radius 2 is 2.33 bits per heavy atom. The van der Waals surface area contributed by atoms with Crippen molar-refractivity contribution in [3.63, 3.8) is 0 Å². The largest absolute Gasteiger partial charge is 0.343 e. The van der Waals surface area contributed by atoms with Crippen molar-refractivity contribution in [2.75, 3.05) is 19.6 Å². The fourth-order valence-electron chi connectivity index (χ4n) is 2.11. The number of aromatic nitrogens is 2. The van der Waals surface area contributed by atoms with Gasteiger partial charge in [0.1, 0.15) is 0 Å². The lowest BCUT2D eigenvalue weighted by atomic mass is 10.0. The van der Waals surface area contributed by atoms with Gasteiger partial charge in [-0.1, -0.05) is 12.1 Å². The van der Waals surface area contributed by atoms with Crippen LogP contribution in [-0.4, -0.2) is 40.7 Å². The molecule has 1 N–H and O–H groups in total. The van der Waals surface area contributed by atoms with Gasteiger partial charge < -0.3 is 9.84 Å². The molecule has 0 spiro atoms. The molecule has 2 heterocycles. The van der Waals surface area contributed by atoms with Gasteiger partial charge in [-0.2, -0.15) is 4.98 Å². The number of rotatable bonds is 4. The summed E-state index contributed by atoms with van der Waals surface area (Å²) in [5.41, 5.74) is 0. The monoisotopic (exact) mass is 210 g/mol. The fraction of sp³-hybridized carbons (Fsp3) is 0.800. The third-order valence-corrected chi connectivity index (χ3v) is 2.98. The summed E-state index contributed by atoms with van der Waals surface area (Å²) in [5, 5.41) is 7.23. The average Bonchev–Trinajstić information content (AvgIpc) is 2.80. The molecule has 0 aliphatic carbocycles. The van der Waals surface area contributed by atoms with E-state index in [1.54, 1.807) is 0 Å². The highest BCUT2D eigenvalue weighted by Crippen LogP contribution is 2.13. The molecule has 1 saturated heterocycles. The molecule has 1 fully saturated rings. The van der Waals surface area contributed by atoms with Crippen molar-refractivity contribution >= 4 is 0 Å². The van der Waals surface area contributed by atoms with Crippen molar-refractivity contribution in [3.8, 4) is 0 Å². The quantitative estimate of drug-likeness (QED) is 0.790. The molecular formula is C10H18N4O. The highest BCUT2D eigenvalue weighted by atomic mass is 16.5. The first kappa shape index (κ1) is 10.6. The maximum Gasteiger partial charge on any atom is 0.213 e. The summed E-state index contributed by atoms with van der Waals surface area (Å²) >= 11 is 0. The summed E-state index contributed by atoms with van der Waals surface area (Å²) in [6.07, 6.45) is 3.82. The smallest absolute Gasteiger partial charge is 0.213 e. The Hall–Kier alpha value is -0.940. The molecule has 1 aromatic heterocycles. The molecule has 0 bridgehead atoms. The zero-order chi connectivity index (χ0) is 10.5. The van der Waals surface area contributed by atoms with E-state index < -0.39 is 0 Å². The Morgan fingerprint density at radius 1 is 1.53 bits per heavy atom. The molecule has 0 unspecified atom stereocenters. The predicted octanol–water partition coefficient (Wildman–Crippen LogP) is 0.643. The first-order valence-corrected chi connectivity index (χ1v) is 5.60. The Bertz CT molecular complexity index is 269. The van der Waals surface area contributed by atoms with Crippen LogP contribution in [0.2, 0.25) is 0 Å². The van der Waals surface area contributed by atoms with Gasteiger partial charge in [0.15, 0.2) is 5.82 Å². The number of nitrogens with zero attached hydrogens (tertiary/aromatic N) is 3. The maximum atomic E-state index is 4.75. The maximum absolute atomic E-state index is 4.75. The molecule has 2 rings (SSSR count). The SMILES string of the molecule is CCN(Cc1ncon1)C1CCNCC1. The van der Waals surface area contributed by atoms with Crippen molar-refractivity contribution in [2.24, 2.45) is 0 Å². The molecule has 0 saturated carbocycles. The summed E-state index contributed by atoms with van der Waals surface area (Å²) in [7, 11) is 0. The van der Waals surface area contributed by atoms with Crippen molar-refractivity contribution in [3.05, 3.63) is 12.2 Å².